The molecule has 0 spiro atoms. The monoisotopic (exact) mass is 375 g/mol. The van der Waals surface area contributed by atoms with Gasteiger partial charge >= 0.3 is 0 Å². The van der Waals surface area contributed by atoms with Crippen molar-refractivity contribution in [2.45, 2.75) is 13.1 Å². The lowest BCUT2D eigenvalue weighted by Gasteiger charge is -2.14. The van der Waals surface area contributed by atoms with E-state index in [2.05, 4.69) is 15.6 Å². The molecule has 0 aliphatic rings. The van der Waals surface area contributed by atoms with E-state index in [1.807, 2.05) is 17.5 Å². The highest BCUT2D eigenvalue weighted by atomic mass is 32.1. The van der Waals surface area contributed by atoms with Gasteiger partial charge < -0.3 is 15.5 Å². The highest BCUT2D eigenvalue weighted by molar-refractivity contribution is 7.09. The molecule has 0 aliphatic heterocycles. The number of hydrogen-bond acceptors (Lipinski definition) is 5. The summed E-state index contributed by atoms with van der Waals surface area (Å²) in [7, 11) is 3.38. The molecule has 9 heteroatoms. The maximum Gasteiger partial charge on any atom is 0.269 e. The average molecular weight is 375 g/mol. The van der Waals surface area contributed by atoms with Crippen LogP contribution in [0.1, 0.15) is 10.4 Å². The molecule has 26 heavy (non-hydrogen) atoms. The van der Waals surface area contributed by atoms with Crippen molar-refractivity contribution in [3.63, 3.8) is 0 Å². The Morgan fingerprint density at radius 3 is 2.54 bits per heavy atom. The smallest absolute Gasteiger partial charge is 0.269 e. The van der Waals surface area contributed by atoms with Crippen molar-refractivity contribution < 1.29 is 9.72 Å². The van der Waals surface area contributed by atoms with Gasteiger partial charge in [0.2, 0.25) is 5.91 Å². The van der Waals surface area contributed by atoms with E-state index in [0.717, 1.165) is 10.4 Å². The van der Waals surface area contributed by atoms with Crippen molar-refractivity contribution in [2.24, 2.45) is 4.99 Å². The molecular weight excluding hydrogens is 354 g/mol. The largest absolute Gasteiger partial charge is 0.351 e. The van der Waals surface area contributed by atoms with Crippen molar-refractivity contribution in [1.29, 1.82) is 0 Å². The van der Waals surface area contributed by atoms with Crippen molar-refractivity contribution in [3.8, 4) is 0 Å². The molecule has 0 fully saturated rings. The molecule has 0 bridgehead atoms. The zero-order chi connectivity index (χ0) is 18.9. The summed E-state index contributed by atoms with van der Waals surface area (Å²) in [5, 5.41) is 18.9. The number of guanidine groups is 1. The Bertz CT molecular complexity index is 757. The Kier molecular flexibility index (Phi) is 7.10. The number of non-ortho nitro benzene ring substituents is 1. The summed E-state index contributed by atoms with van der Waals surface area (Å²) in [6.07, 6.45) is 0. The van der Waals surface area contributed by atoms with Gasteiger partial charge in [-0.15, -0.1) is 11.3 Å². The van der Waals surface area contributed by atoms with Crippen molar-refractivity contribution >= 4 is 28.9 Å². The maximum absolute atomic E-state index is 11.8. The molecule has 0 radical (unpaired) electrons. The average Bonchev–Trinajstić information content (AvgIpc) is 3.14. The van der Waals surface area contributed by atoms with Crippen LogP contribution in [0.4, 0.5) is 5.69 Å². The molecule has 1 heterocycles. The molecule has 138 valence electrons. The molecule has 0 aliphatic carbocycles. The lowest BCUT2D eigenvalue weighted by molar-refractivity contribution is -0.384. The number of rotatable bonds is 7. The Morgan fingerprint density at radius 2 is 1.96 bits per heavy atom. The number of aliphatic imine (C=N–C) groups is 1. The lowest BCUT2D eigenvalue weighted by atomic mass is 10.2. The number of benzene rings is 1. The number of amides is 1. The maximum atomic E-state index is 11.8. The summed E-state index contributed by atoms with van der Waals surface area (Å²) in [6.45, 7) is 1.07. The molecule has 0 saturated carbocycles. The van der Waals surface area contributed by atoms with Crippen molar-refractivity contribution in [1.82, 2.24) is 15.5 Å². The number of thiophene rings is 1. The fraction of sp³-hybridized carbons (Fsp3) is 0.294. The molecule has 8 nitrogen and oxygen atoms in total. The van der Waals surface area contributed by atoms with Gasteiger partial charge in [-0.05, 0) is 17.0 Å². The molecule has 0 saturated heterocycles. The first-order valence-electron chi connectivity index (χ1n) is 7.94. The van der Waals surface area contributed by atoms with Gasteiger partial charge in [0.25, 0.3) is 5.69 Å². The van der Waals surface area contributed by atoms with Crippen molar-refractivity contribution in [2.75, 3.05) is 20.6 Å². The first-order valence-corrected chi connectivity index (χ1v) is 8.81. The number of likely N-dealkylation sites (N-methyl/N-ethyl adjacent to an activating group) is 1. The van der Waals surface area contributed by atoms with Crippen LogP contribution < -0.4 is 10.6 Å². The Morgan fingerprint density at radius 1 is 1.23 bits per heavy atom. The first-order chi connectivity index (χ1) is 12.5. The van der Waals surface area contributed by atoms with E-state index in [1.54, 1.807) is 37.6 Å². The van der Waals surface area contributed by atoms with Crippen LogP contribution in [-0.4, -0.2) is 42.3 Å². The van der Waals surface area contributed by atoms with Crippen LogP contribution in [0.25, 0.3) is 0 Å². The minimum Gasteiger partial charge on any atom is -0.351 e. The normalized spacial score (nSPS) is 11.1. The van der Waals surface area contributed by atoms with Gasteiger partial charge in [0, 0.05) is 31.1 Å². The second kappa shape index (κ2) is 9.52. The SMILES string of the molecule is CN(C)C(=O)CNC(=NCc1ccc([N+](=O)[O-])cc1)NCc1cccs1. The third-order valence-electron chi connectivity index (χ3n) is 3.48. The van der Waals surface area contributed by atoms with E-state index in [9.17, 15) is 14.9 Å². The molecule has 2 rings (SSSR count). The minimum atomic E-state index is -0.435. The van der Waals surface area contributed by atoms with Crippen LogP contribution in [0.2, 0.25) is 0 Å². The number of carbonyl (C=O) groups is 1. The zero-order valence-electron chi connectivity index (χ0n) is 14.6. The molecule has 1 aromatic heterocycles. The topological polar surface area (TPSA) is 99.9 Å². The predicted octanol–water partition coefficient (Wildman–Crippen LogP) is 1.98. The molecule has 2 aromatic rings. The van der Waals surface area contributed by atoms with E-state index >= 15 is 0 Å². The Balaban J connectivity index is 2.01. The quantitative estimate of drug-likeness (QED) is 0.334. The van der Waals surface area contributed by atoms with Gasteiger partial charge in [-0.3, -0.25) is 14.9 Å². The standard InChI is InChI=1S/C17H21N5O3S/c1-21(2)16(23)12-20-17(19-11-15-4-3-9-26-15)18-10-13-5-7-14(8-6-13)22(24)25/h3-9H,10-12H2,1-2H3,(H2,18,19,20). The summed E-state index contributed by atoms with van der Waals surface area (Å²) in [5.74, 6) is 0.443. The van der Waals surface area contributed by atoms with Crippen LogP contribution in [0, 0.1) is 10.1 Å². The van der Waals surface area contributed by atoms with Gasteiger partial charge in [-0.1, -0.05) is 18.2 Å². The molecule has 0 unspecified atom stereocenters. The van der Waals surface area contributed by atoms with Crippen LogP contribution in [0.3, 0.4) is 0 Å². The van der Waals surface area contributed by atoms with Crippen LogP contribution >= 0.6 is 11.3 Å². The van der Waals surface area contributed by atoms with Crippen molar-refractivity contribution in [3.05, 3.63) is 62.3 Å². The summed E-state index contributed by atoms with van der Waals surface area (Å²) in [6, 6.07) is 10.2. The summed E-state index contributed by atoms with van der Waals surface area (Å²) >= 11 is 1.63. The third kappa shape index (κ3) is 6.17. The molecule has 2 N–H and O–H groups in total. The number of carbonyl (C=O) groups excluding carboxylic acids is 1. The molecular formula is C17H21N5O3S. The second-order valence-electron chi connectivity index (χ2n) is 5.66. The number of nitro benzene ring substituents is 1. The molecule has 1 amide bonds. The lowest BCUT2D eigenvalue weighted by Crippen LogP contribution is -2.42. The van der Waals surface area contributed by atoms with Crippen LogP contribution in [0.15, 0.2) is 46.8 Å². The fourth-order valence-corrected chi connectivity index (χ4v) is 2.61. The Hall–Kier alpha value is -2.94. The summed E-state index contributed by atoms with van der Waals surface area (Å²) < 4.78 is 0. The number of nitrogens with one attached hydrogen (secondary N) is 2. The second-order valence-corrected chi connectivity index (χ2v) is 6.70. The van der Waals surface area contributed by atoms with E-state index in [0.29, 0.717) is 19.0 Å². The highest BCUT2D eigenvalue weighted by Crippen LogP contribution is 2.12. The van der Waals surface area contributed by atoms with E-state index in [4.69, 9.17) is 0 Å². The molecule has 1 aromatic carbocycles. The number of nitro groups is 1. The first kappa shape index (κ1) is 19.4. The minimum absolute atomic E-state index is 0.0449. The highest BCUT2D eigenvalue weighted by Gasteiger charge is 2.07. The van der Waals surface area contributed by atoms with Gasteiger partial charge in [-0.2, -0.15) is 0 Å². The summed E-state index contributed by atoms with van der Waals surface area (Å²) in [5.41, 5.74) is 0.884. The van der Waals surface area contributed by atoms with E-state index in [-0.39, 0.29) is 18.1 Å². The van der Waals surface area contributed by atoms with Gasteiger partial charge in [0.15, 0.2) is 5.96 Å². The number of nitrogens with zero attached hydrogens (tertiary/aromatic N) is 3. The zero-order valence-corrected chi connectivity index (χ0v) is 15.5. The van der Waals surface area contributed by atoms with Crippen LogP contribution in [0.5, 0.6) is 0 Å². The van der Waals surface area contributed by atoms with Gasteiger partial charge in [0.05, 0.1) is 24.6 Å². The van der Waals surface area contributed by atoms with Gasteiger partial charge in [-0.25, -0.2) is 4.99 Å². The molecule has 0 atom stereocenters. The number of hydrogen-bond donors (Lipinski definition) is 2. The predicted molar refractivity (Wildman–Crippen MR) is 102 cm³/mol. The summed E-state index contributed by atoms with van der Waals surface area (Å²) in [4.78, 5) is 29.1. The van der Waals surface area contributed by atoms with E-state index < -0.39 is 4.92 Å². The van der Waals surface area contributed by atoms with Gasteiger partial charge in [0.1, 0.15) is 0 Å². The third-order valence-corrected chi connectivity index (χ3v) is 4.36. The van der Waals surface area contributed by atoms with E-state index in [1.165, 1.54) is 17.0 Å². The fourth-order valence-electron chi connectivity index (χ4n) is 1.97. The Labute approximate surface area is 155 Å². The van der Waals surface area contributed by atoms with Crippen LogP contribution in [-0.2, 0) is 17.9 Å².